The van der Waals surface area contributed by atoms with E-state index in [0.717, 1.165) is 51.3 Å². The molecule has 0 aliphatic carbocycles. The molecule has 2 rings (SSSR count). The molecule has 1 amide bonds. The van der Waals surface area contributed by atoms with E-state index in [1.807, 2.05) is 0 Å². The summed E-state index contributed by atoms with van der Waals surface area (Å²) < 4.78 is 57.6. The average Bonchev–Trinajstić information content (AvgIpc) is 2.77. The van der Waals surface area contributed by atoms with Crippen molar-refractivity contribution in [3.8, 4) is 0 Å². The molecule has 1 aromatic rings. The van der Waals surface area contributed by atoms with Gasteiger partial charge in [-0.1, -0.05) is 46.9 Å². The summed E-state index contributed by atoms with van der Waals surface area (Å²) in [6, 6.07) is 2.51. The van der Waals surface area contributed by atoms with E-state index in [1.165, 1.54) is 0 Å². The highest BCUT2D eigenvalue weighted by molar-refractivity contribution is 6.76. The summed E-state index contributed by atoms with van der Waals surface area (Å²) in [5.74, 6) is -3.55. The van der Waals surface area contributed by atoms with Crippen molar-refractivity contribution >= 4 is 64.8 Å². The number of amides is 1. The van der Waals surface area contributed by atoms with Gasteiger partial charge in [-0.3, -0.25) is 24.2 Å². The highest BCUT2D eigenvalue weighted by atomic mass is 35.6. The van der Waals surface area contributed by atoms with E-state index >= 15 is 0 Å². The Morgan fingerprint density at radius 3 is 2.00 bits per heavy atom. The second-order valence-corrected chi connectivity index (χ2v) is 10.2. The minimum absolute atomic E-state index is 0.192. The Labute approximate surface area is 229 Å². The summed E-state index contributed by atoms with van der Waals surface area (Å²) in [7, 11) is 0. The molecule has 1 aromatic carbocycles. The normalized spacial score (nSPS) is 24.0. The first-order valence-electron chi connectivity index (χ1n) is 10.7. The predicted molar refractivity (Wildman–Crippen MR) is 128 cm³/mol. The number of alkyl halides is 6. The van der Waals surface area contributed by atoms with Gasteiger partial charge in [-0.05, 0) is 17.7 Å². The molecule has 0 aromatic heterocycles. The Balaban J connectivity index is 2.53. The number of nitrogens with one attached hydrogen (secondary N) is 1. The van der Waals surface area contributed by atoms with E-state index in [0.29, 0.717) is 0 Å². The predicted octanol–water partition coefficient (Wildman–Crippen LogP) is 3.13. The van der Waals surface area contributed by atoms with Crippen LogP contribution in [-0.2, 0) is 44.3 Å². The number of carbonyl (C=O) groups excluding carboxylic acids is 4. The second kappa shape index (κ2) is 13.0. The molecule has 0 unspecified atom stereocenters. The SMILES string of the molecule is CC(=O)OC[C@H]1O[C@H](NC(=O)C(Cl)(Cl)Cl)[C@H](N=Cc2ccc(C(F)(F)F)cc2)[C@@H](OC(C)=O)[C@@H]1OC(C)=O. The number of hydrogen-bond donors (Lipinski definition) is 1. The summed E-state index contributed by atoms with van der Waals surface area (Å²) in [6.07, 6.45) is -9.08. The van der Waals surface area contributed by atoms with Crippen LogP contribution in [0.4, 0.5) is 13.2 Å². The van der Waals surface area contributed by atoms with E-state index in [2.05, 4.69) is 10.3 Å². The average molecular weight is 606 g/mol. The van der Waals surface area contributed by atoms with Crippen LogP contribution in [0.1, 0.15) is 31.9 Å². The van der Waals surface area contributed by atoms with Gasteiger partial charge in [0.15, 0.2) is 18.4 Å². The van der Waals surface area contributed by atoms with Crippen molar-refractivity contribution in [2.24, 2.45) is 4.99 Å². The molecule has 210 valence electrons. The largest absolute Gasteiger partial charge is 0.463 e. The molecular formula is C22H22Cl3F3N2O8. The van der Waals surface area contributed by atoms with Gasteiger partial charge in [-0.2, -0.15) is 13.2 Å². The van der Waals surface area contributed by atoms with Crippen molar-refractivity contribution in [1.29, 1.82) is 0 Å². The van der Waals surface area contributed by atoms with Gasteiger partial charge >= 0.3 is 24.1 Å². The quantitative estimate of drug-likeness (QED) is 0.217. The number of halogens is 6. The Morgan fingerprint density at radius 2 is 1.53 bits per heavy atom. The molecule has 1 N–H and O–H groups in total. The lowest BCUT2D eigenvalue weighted by molar-refractivity contribution is -0.224. The molecule has 1 fully saturated rings. The van der Waals surface area contributed by atoms with Crippen LogP contribution in [0.25, 0.3) is 0 Å². The van der Waals surface area contributed by atoms with Crippen LogP contribution in [-0.4, -0.2) is 71.0 Å². The molecular weight excluding hydrogens is 584 g/mol. The van der Waals surface area contributed by atoms with E-state index in [4.69, 9.17) is 53.8 Å². The van der Waals surface area contributed by atoms with Gasteiger partial charge < -0.3 is 24.3 Å². The summed E-state index contributed by atoms with van der Waals surface area (Å²) in [6.45, 7) is 2.71. The number of esters is 3. The van der Waals surface area contributed by atoms with E-state index in [1.54, 1.807) is 0 Å². The van der Waals surface area contributed by atoms with Crippen LogP contribution < -0.4 is 5.32 Å². The highest BCUT2D eigenvalue weighted by Crippen LogP contribution is 2.32. The van der Waals surface area contributed by atoms with E-state index in [9.17, 15) is 32.3 Å². The molecule has 1 aliphatic heterocycles. The number of benzene rings is 1. The minimum atomic E-state index is -4.56. The first-order valence-corrected chi connectivity index (χ1v) is 11.8. The van der Waals surface area contributed by atoms with Gasteiger partial charge in [0, 0.05) is 27.0 Å². The molecule has 10 nitrogen and oxygen atoms in total. The number of ether oxygens (including phenoxy) is 4. The lowest BCUT2D eigenvalue weighted by atomic mass is 9.95. The fraction of sp³-hybridized carbons (Fsp3) is 0.500. The molecule has 1 aliphatic rings. The van der Waals surface area contributed by atoms with Crippen molar-refractivity contribution < 1.29 is 51.3 Å². The number of rotatable bonds is 7. The van der Waals surface area contributed by atoms with Crippen LogP contribution in [0.2, 0.25) is 0 Å². The molecule has 0 radical (unpaired) electrons. The van der Waals surface area contributed by atoms with Crippen molar-refractivity contribution in [3.63, 3.8) is 0 Å². The maximum absolute atomic E-state index is 12.9. The molecule has 0 spiro atoms. The Bertz CT molecular complexity index is 1060. The molecule has 38 heavy (non-hydrogen) atoms. The monoisotopic (exact) mass is 604 g/mol. The zero-order valence-electron chi connectivity index (χ0n) is 20.0. The second-order valence-electron chi connectivity index (χ2n) is 7.91. The van der Waals surface area contributed by atoms with Gasteiger partial charge in [-0.25, -0.2) is 0 Å². The van der Waals surface area contributed by atoms with Crippen LogP contribution in [0.15, 0.2) is 29.3 Å². The van der Waals surface area contributed by atoms with E-state index < -0.39 is 76.5 Å². The molecule has 16 heteroatoms. The maximum atomic E-state index is 12.9. The Hall–Kier alpha value is -2.61. The zero-order chi connectivity index (χ0) is 28.8. The number of aliphatic imine (C=N–C) groups is 1. The smallest absolute Gasteiger partial charge is 0.416 e. The number of hydrogen-bond acceptors (Lipinski definition) is 9. The zero-order valence-corrected chi connectivity index (χ0v) is 22.2. The van der Waals surface area contributed by atoms with Crippen molar-refractivity contribution in [2.45, 2.75) is 61.3 Å². The van der Waals surface area contributed by atoms with Gasteiger partial charge in [0.2, 0.25) is 0 Å². The first-order chi connectivity index (χ1) is 17.5. The molecule has 5 atom stereocenters. The van der Waals surface area contributed by atoms with Crippen LogP contribution in [0, 0.1) is 0 Å². The lowest BCUT2D eigenvalue weighted by Crippen LogP contribution is -2.65. The summed E-state index contributed by atoms with van der Waals surface area (Å²) in [5.41, 5.74) is -0.707. The fourth-order valence-corrected chi connectivity index (χ4v) is 3.51. The molecule has 1 heterocycles. The Morgan fingerprint density at radius 1 is 0.974 bits per heavy atom. The Kier molecular flexibility index (Phi) is 10.8. The van der Waals surface area contributed by atoms with E-state index in [-0.39, 0.29) is 5.56 Å². The maximum Gasteiger partial charge on any atom is 0.416 e. The fourth-order valence-electron chi connectivity index (χ4n) is 3.34. The molecule has 1 saturated heterocycles. The third-order valence-electron chi connectivity index (χ3n) is 4.88. The van der Waals surface area contributed by atoms with Crippen molar-refractivity contribution in [1.82, 2.24) is 5.32 Å². The lowest BCUT2D eigenvalue weighted by Gasteiger charge is -2.44. The molecule has 0 bridgehead atoms. The highest BCUT2D eigenvalue weighted by Gasteiger charge is 2.51. The standard InChI is InChI=1S/C22H22Cl3F3N2O8/c1-10(31)35-9-15-17(36-11(2)32)18(37-12(3)33)16(19(38-15)30-20(34)21(23,24)25)29-8-13-4-6-14(7-5-13)22(26,27)28/h4-8,15-19H,9H2,1-3H3,(H,30,34)/t15-,16-,17-,18-,19+/m1/s1. The third kappa shape index (κ3) is 9.29. The summed E-state index contributed by atoms with van der Waals surface area (Å²) >= 11 is 16.9. The van der Waals surface area contributed by atoms with Gasteiger partial charge in [0.1, 0.15) is 18.8 Å². The topological polar surface area (TPSA) is 130 Å². The summed E-state index contributed by atoms with van der Waals surface area (Å²) in [5, 5.41) is 2.28. The van der Waals surface area contributed by atoms with Crippen molar-refractivity contribution in [3.05, 3.63) is 35.4 Å². The minimum Gasteiger partial charge on any atom is -0.463 e. The third-order valence-corrected chi connectivity index (χ3v) is 5.39. The van der Waals surface area contributed by atoms with Crippen molar-refractivity contribution in [2.75, 3.05) is 6.61 Å². The van der Waals surface area contributed by atoms with Crippen LogP contribution >= 0.6 is 34.8 Å². The van der Waals surface area contributed by atoms with Crippen LogP contribution in [0.3, 0.4) is 0 Å². The van der Waals surface area contributed by atoms with Gasteiger partial charge in [-0.15, -0.1) is 0 Å². The van der Waals surface area contributed by atoms with Gasteiger partial charge in [0.05, 0.1) is 5.56 Å². The first kappa shape index (κ1) is 31.6. The molecule has 0 saturated carbocycles. The number of nitrogens with zero attached hydrogens (tertiary/aromatic N) is 1. The summed E-state index contributed by atoms with van der Waals surface area (Å²) in [4.78, 5) is 51.8. The van der Waals surface area contributed by atoms with Gasteiger partial charge in [0.25, 0.3) is 9.70 Å². The number of carbonyl (C=O) groups is 4. The van der Waals surface area contributed by atoms with Crippen LogP contribution in [0.5, 0.6) is 0 Å².